The van der Waals surface area contributed by atoms with Crippen molar-refractivity contribution in [1.82, 2.24) is 10.2 Å². The minimum Gasteiger partial charge on any atom is -0.390 e. The molecular weight excluding hydrogens is 412 g/mol. The van der Waals surface area contributed by atoms with Crippen molar-refractivity contribution < 1.29 is 14.7 Å². The van der Waals surface area contributed by atoms with Crippen LogP contribution in [0.2, 0.25) is 5.02 Å². The van der Waals surface area contributed by atoms with E-state index in [2.05, 4.69) is 5.32 Å². The van der Waals surface area contributed by atoms with Crippen molar-refractivity contribution >= 4 is 69.6 Å². The largest absolute Gasteiger partial charge is 0.390 e. The van der Waals surface area contributed by atoms with Crippen LogP contribution in [0.1, 0.15) is 12.0 Å². The fraction of sp³-hybridized carbons (Fsp3) is 0.353. The van der Waals surface area contributed by atoms with Crippen LogP contribution >= 0.6 is 47.3 Å². The van der Waals surface area contributed by atoms with Gasteiger partial charge in [-0.1, -0.05) is 47.7 Å². The zero-order valence-electron chi connectivity index (χ0n) is 13.7. The molecule has 2 N–H and O–H groups in total. The Labute approximate surface area is 170 Å². The van der Waals surface area contributed by atoms with E-state index in [1.807, 2.05) is 12.1 Å². The second-order valence-corrected chi connectivity index (χ2v) is 9.10. The van der Waals surface area contributed by atoms with Crippen molar-refractivity contribution in [2.75, 3.05) is 18.1 Å². The molecular formula is C17H17ClN2O3S3. The molecule has 2 unspecified atom stereocenters. The number of nitrogens with one attached hydrogen (secondary N) is 1. The van der Waals surface area contributed by atoms with Gasteiger partial charge in [-0.25, -0.2) is 0 Å². The van der Waals surface area contributed by atoms with Gasteiger partial charge in [0, 0.05) is 29.5 Å². The Morgan fingerprint density at radius 2 is 2.27 bits per heavy atom. The van der Waals surface area contributed by atoms with Crippen LogP contribution in [0.15, 0.2) is 29.2 Å². The molecule has 2 heterocycles. The molecule has 0 saturated carbocycles. The average molecular weight is 429 g/mol. The van der Waals surface area contributed by atoms with Gasteiger partial charge in [0.2, 0.25) is 5.91 Å². The number of rotatable bonds is 5. The quantitative estimate of drug-likeness (QED) is 0.554. The molecule has 138 valence electrons. The normalized spacial score (nSPS) is 24.5. The molecule has 3 rings (SSSR count). The van der Waals surface area contributed by atoms with Gasteiger partial charge in [0.1, 0.15) is 4.32 Å². The minimum atomic E-state index is -0.513. The Balaban J connectivity index is 1.58. The molecule has 9 heteroatoms. The monoisotopic (exact) mass is 428 g/mol. The highest BCUT2D eigenvalue weighted by Crippen LogP contribution is 2.32. The van der Waals surface area contributed by atoms with Crippen LogP contribution < -0.4 is 5.32 Å². The van der Waals surface area contributed by atoms with Gasteiger partial charge in [-0.2, -0.15) is 11.8 Å². The SMILES string of the molecule is O=C(CCN1C(=O)C(=Cc2cccc(Cl)c2)SC1=S)NC1CSCC1O. The van der Waals surface area contributed by atoms with E-state index in [1.165, 1.54) is 16.7 Å². The Morgan fingerprint density at radius 3 is 2.96 bits per heavy atom. The zero-order valence-corrected chi connectivity index (χ0v) is 16.9. The fourth-order valence-corrected chi connectivity index (χ4v) is 5.29. The van der Waals surface area contributed by atoms with Crippen molar-refractivity contribution in [1.29, 1.82) is 0 Å². The number of amides is 2. The lowest BCUT2D eigenvalue weighted by molar-refractivity contribution is -0.124. The first-order chi connectivity index (χ1) is 12.4. The highest BCUT2D eigenvalue weighted by molar-refractivity contribution is 8.26. The maximum absolute atomic E-state index is 12.6. The van der Waals surface area contributed by atoms with Gasteiger partial charge in [0.05, 0.1) is 17.1 Å². The smallest absolute Gasteiger partial charge is 0.266 e. The van der Waals surface area contributed by atoms with Crippen molar-refractivity contribution in [2.24, 2.45) is 0 Å². The molecule has 2 fully saturated rings. The van der Waals surface area contributed by atoms with Crippen LogP contribution in [-0.2, 0) is 9.59 Å². The average Bonchev–Trinajstić information content (AvgIpc) is 3.10. The Kier molecular flexibility index (Phi) is 6.63. The second-order valence-electron chi connectivity index (χ2n) is 5.92. The van der Waals surface area contributed by atoms with Gasteiger partial charge in [-0.05, 0) is 23.8 Å². The lowest BCUT2D eigenvalue weighted by Crippen LogP contribution is -2.43. The summed E-state index contributed by atoms with van der Waals surface area (Å²) in [6.45, 7) is 0.222. The highest BCUT2D eigenvalue weighted by atomic mass is 35.5. The van der Waals surface area contributed by atoms with E-state index in [4.69, 9.17) is 23.8 Å². The summed E-state index contributed by atoms with van der Waals surface area (Å²) in [4.78, 5) is 26.6. The number of thiocarbonyl (C=S) groups is 1. The molecule has 2 aliphatic rings. The van der Waals surface area contributed by atoms with E-state index in [0.717, 1.165) is 5.56 Å². The topological polar surface area (TPSA) is 69.6 Å². The molecule has 2 atom stereocenters. The molecule has 2 saturated heterocycles. The standard InChI is InChI=1S/C17H17ClN2O3S3/c18-11-3-1-2-10(6-11)7-14-16(23)20(17(24)26-14)5-4-15(22)19-12-8-25-9-13(12)21/h1-3,6-7,12-13,21H,4-5,8-9H2,(H,19,22). The number of hydrogen-bond donors (Lipinski definition) is 2. The van der Waals surface area contributed by atoms with Crippen LogP contribution in [0.25, 0.3) is 6.08 Å². The Morgan fingerprint density at radius 1 is 1.46 bits per heavy atom. The number of carbonyl (C=O) groups is 2. The van der Waals surface area contributed by atoms with Crippen molar-refractivity contribution in [3.63, 3.8) is 0 Å². The third-order valence-corrected chi connectivity index (χ3v) is 6.76. The van der Waals surface area contributed by atoms with Crippen LogP contribution in [0.3, 0.4) is 0 Å². The molecule has 5 nitrogen and oxygen atoms in total. The zero-order chi connectivity index (χ0) is 18.7. The summed E-state index contributed by atoms with van der Waals surface area (Å²) in [5.41, 5.74) is 0.823. The first-order valence-corrected chi connectivity index (χ1v) is 10.8. The number of aliphatic hydroxyl groups excluding tert-OH is 1. The number of benzene rings is 1. The van der Waals surface area contributed by atoms with E-state index in [1.54, 1.807) is 30.0 Å². The molecule has 0 radical (unpaired) electrons. The van der Waals surface area contributed by atoms with E-state index in [9.17, 15) is 14.7 Å². The summed E-state index contributed by atoms with van der Waals surface area (Å²) >= 11 is 14.1. The van der Waals surface area contributed by atoms with Crippen molar-refractivity contribution in [2.45, 2.75) is 18.6 Å². The van der Waals surface area contributed by atoms with Gasteiger partial charge < -0.3 is 10.4 Å². The Hall–Kier alpha value is -1.06. The number of aliphatic hydroxyl groups is 1. The van der Waals surface area contributed by atoms with E-state index in [-0.39, 0.29) is 30.8 Å². The molecule has 0 aliphatic carbocycles. The molecule has 1 aromatic rings. The summed E-state index contributed by atoms with van der Waals surface area (Å²) in [6, 6.07) is 6.99. The lowest BCUT2D eigenvalue weighted by atomic mass is 10.2. The van der Waals surface area contributed by atoms with Gasteiger partial charge in [0.25, 0.3) is 5.91 Å². The first-order valence-electron chi connectivity index (χ1n) is 8.00. The van der Waals surface area contributed by atoms with Crippen LogP contribution in [0.5, 0.6) is 0 Å². The second kappa shape index (κ2) is 8.75. The van der Waals surface area contributed by atoms with E-state index < -0.39 is 6.10 Å². The molecule has 2 amide bonds. The summed E-state index contributed by atoms with van der Waals surface area (Å²) in [5, 5.41) is 13.2. The van der Waals surface area contributed by atoms with Gasteiger partial charge >= 0.3 is 0 Å². The highest BCUT2D eigenvalue weighted by Gasteiger charge is 2.33. The number of nitrogens with zero attached hydrogens (tertiary/aromatic N) is 1. The summed E-state index contributed by atoms with van der Waals surface area (Å²) < 4.78 is 0.438. The number of hydrogen-bond acceptors (Lipinski definition) is 6. The maximum Gasteiger partial charge on any atom is 0.266 e. The maximum atomic E-state index is 12.6. The van der Waals surface area contributed by atoms with Crippen LogP contribution in [-0.4, -0.2) is 56.3 Å². The Bertz CT molecular complexity index is 771. The predicted molar refractivity (Wildman–Crippen MR) is 111 cm³/mol. The third-order valence-electron chi connectivity index (χ3n) is 3.98. The summed E-state index contributed by atoms with van der Waals surface area (Å²) in [6.07, 6.45) is 1.38. The molecule has 0 bridgehead atoms. The fourth-order valence-electron chi connectivity index (χ4n) is 2.61. The van der Waals surface area contributed by atoms with E-state index in [0.29, 0.717) is 25.8 Å². The molecule has 2 aliphatic heterocycles. The molecule has 1 aromatic carbocycles. The predicted octanol–water partition coefficient (Wildman–Crippen LogP) is 2.52. The van der Waals surface area contributed by atoms with Crippen molar-refractivity contribution in [3.8, 4) is 0 Å². The third kappa shape index (κ3) is 4.80. The minimum absolute atomic E-state index is 0.144. The number of carbonyl (C=O) groups excluding carboxylic acids is 2. The van der Waals surface area contributed by atoms with Gasteiger partial charge in [0.15, 0.2) is 0 Å². The molecule has 26 heavy (non-hydrogen) atoms. The number of thioether (sulfide) groups is 2. The van der Waals surface area contributed by atoms with E-state index >= 15 is 0 Å². The lowest BCUT2D eigenvalue weighted by Gasteiger charge is -2.18. The van der Waals surface area contributed by atoms with Crippen molar-refractivity contribution in [3.05, 3.63) is 39.8 Å². The summed E-state index contributed by atoms with van der Waals surface area (Å²) in [7, 11) is 0. The first kappa shape index (κ1) is 19.7. The van der Waals surface area contributed by atoms with Crippen LogP contribution in [0, 0.1) is 0 Å². The van der Waals surface area contributed by atoms with Crippen LogP contribution in [0.4, 0.5) is 0 Å². The van der Waals surface area contributed by atoms with Gasteiger partial charge in [-0.15, -0.1) is 0 Å². The van der Waals surface area contributed by atoms with Gasteiger partial charge in [-0.3, -0.25) is 14.5 Å². The summed E-state index contributed by atoms with van der Waals surface area (Å²) in [5.74, 6) is 0.943. The number of halogens is 1. The molecule has 0 aromatic heterocycles. The molecule has 0 spiro atoms.